The van der Waals surface area contributed by atoms with Gasteiger partial charge in [0.05, 0.1) is 28.4 Å². The van der Waals surface area contributed by atoms with Crippen molar-refractivity contribution >= 4 is 44.1 Å². The average Bonchev–Trinajstić information content (AvgIpc) is 3.59. The van der Waals surface area contributed by atoms with Crippen molar-refractivity contribution in [1.29, 1.82) is 0 Å². The molecule has 40 heavy (non-hydrogen) atoms. The minimum Gasteiger partial charge on any atom is -0.507 e. The molecule has 3 aromatic carbocycles. The number of hydrogen-bond acceptors (Lipinski definition) is 7. The third-order valence-corrected chi connectivity index (χ3v) is 8.29. The van der Waals surface area contributed by atoms with Crippen molar-refractivity contribution in [3.05, 3.63) is 88.0 Å². The summed E-state index contributed by atoms with van der Waals surface area (Å²) in [6, 6.07) is 15.9. The normalized spacial score (nSPS) is 19.8. The number of aliphatic hydroxyl groups is 1. The second-order valence-corrected chi connectivity index (χ2v) is 11.5. The number of aromatic nitrogens is 1. The maximum atomic E-state index is 13.7. The monoisotopic (exact) mass is 554 g/mol. The molecule has 1 amide bonds. The van der Waals surface area contributed by atoms with E-state index >= 15 is 0 Å². The Kier molecular flexibility index (Phi) is 6.58. The van der Waals surface area contributed by atoms with Gasteiger partial charge in [-0.1, -0.05) is 36.5 Å². The molecule has 4 aromatic rings. The van der Waals surface area contributed by atoms with Gasteiger partial charge in [0, 0.05) is 12.0 Å². The molecule has 6 rings (SSSR count). The van der Waals surface area contributed by atoms with Crippen molar-refractivity contribution in [1.82, 2.24) is 4.98 Å². The molecule has 0 radical (unpaired) electrons. The fourth-order valence-electron chi connectivity index (χ4n) is 5.53. The van der Waals surface area contributed by atoms with E-state index in [0.29, 0.717) is 35.0 Å². The number of ketones is 1. The Labute approximate surface area is 236 Å². The summed E-state index contributed by atoms with van der Waals surface area (Å²) < 4.78 is 12.6. The van der Waals surface area contributed by atoms with Crippen molar-refractivity contribution < 1.29 is 24.2 Å². The van der Waals surface area contributed by atoms with Gasteiger partial charge < -0.3 is 14.6 Å². The first kappa shape index (κ1) is 26.1. The lowest BCUT2D eigenvalue weighted by molar-refractivity contribution is -0.132. The van der Waals surface area contributed by atoms with Gasteiger partial charge in [0.2, 0.25) is 0 Å². The molecule has 7 nitrogen and oxygen atoms in total. The third-order valence-electron chi connectivity index (χ3n) is 7.29. The zero-order valence-corrected chi connectivity index (χ0v) is 23.7. The number of aryl methyl sites for hydroxylation is 2. The molecule has 2 atom stereocenters. The van der Waals surface area contributed by atoms with E-state index in [1.54, 1.807) is 12.1 Å². The smallest absolute Gasteiger partial charge is 0.301 e. The highest BCUT2D eigenvalue weighted by Crippen LogP contribution is 2.45. The summed E-state index contributed by atoms with van der Waals surface area (Å²) in [5, 5.41) is 12.0. The molecule has 1 saturated heterocycles. The minimum atomic E-state index is -0.879. The van der Waals surface area contributed by atoms with Crippen LogP contribution in [0, 0.1) is 13.8 Å². The lowest BCUT2D eigenvalue weighted by Crippen LogP contribution is -2.29. The first-order valence-corrected chi connectivity index (χ1v) is 14.3. The van der Waals surface area contributed by atoms with E-state index in [2.05, 4.69) is 0 Å². The predicted molar refractivity (Wildman–Crippen MR) is 156 cm³/mol. The van der Waals surface area contributed by atoms with Crippen molar-refractivity contribution in [2.75, 3.05) is 11.5 Å². The Morgan fingerprint density at radius 1 is 1.15 bits per heavy atom. The molecule has 8 heteroatoms. The zero-order valence-electron chi connectivity index (χ0n) is 22.9. The van der Waals surface area contributed by atoms with Gasteiger partial charge in [0.1, 0.15) is 23.4 Å². The van der Waals surface area contributed by atoms with E-state index in [-0.39, 0.29) is 17.4 Å². The summed E-state index contributed by atoms with van der Waals surface area (Å²) in [5.74, 6) is -0.301. The lowest BCUT2D eigenvalue weighted by atomic mass is 9.94. The third kappa shape index (κ3) is 4.42. The number of nitrogens with zero attached hydrogens (tertiary/aromatic N) is 2. The van der Waals surface area contributed by atoms with Crippen molar-refractivity contribution in [2.24, 2.45) is 0 Å². The minimum absolute atomic E-state index is 0.0247. The Bertz CT molecular complexity index is 1700. The summed E-state index contributed by atoms with van der Waals surface area (Å²) in [7, 11) is 0. The topological polar surface area (TPSA) is 89.0 Å². The van der Waals surface area contributed by atoms with Crippen LogP contribution in [-0.4, -0.2) is 34.5 Å². The molecule has 0 unspecified atom stereocenters. The van der Waals surface area contributed by atoms with Gasteiger partial charge >= 0.3 is 5.91 Å². The van der Waals surface area contributed by atoms with Crippen LogP contribution < -0.4 is 14.4 Å². The number of fused-ring (bicyclic) bond motifs is 2. The van der Waals surface area contributed by atoms with E-state index in [0.717, 1.165) is 39.1 Å². The fraction of sp³-hybridized carbons (Fsp3) is 0.281. The van der Waals surface area contributed by atoms with Gasteiger partial charge in [-0.3, -0.25) is 14.5 Å². The van der Waals surface area contributed by atoms with E-state index in [1.165, 1.54) is 16.2 Å². The second kappa shape index (κ2) is 10.1. The molecule has 1 fully saturated rings. The lowest BCUT2D eigenvalue weighted by Gasteiger charge is -2.23. The van der Waals surface area contributed by atoms with Gasteiger partial charge in [-0.2, -0.15) is 0 Å². The van der Waals surface area contributed by atoms with Gasteiger partial charge in [-0.05, 0) is 85.8 Å². The Balaban J connectivity index is 1.53. The summed E-state index contributed by atoms with van der Waals surface area (Å²) in [5.41, 5.74) is 4.97. The molecular formula is C32H30N2O5S. The maximum absolute atomic E-state index is 13.7. The molecule has 1 N–H and O–H groups in total. The quantitative estimate of drug-likeness (QED) is 0.163. The number of carbonyl (C=O) groups is 2. The molecule has 3 heterocycles. The highest BCUT2D eigenvalue weighted by atomic mass is 32.1. The summed E-state index contributed by atoms with van der Waals surface area (Å²) in [6.07, 6.45) is 1.58. The molecule has 0 aliphatic carbocycles. The number of anilines is 1. The van der Waals surface area contributed by atoms with Gasteiger partial charge in [0.15, 0.2) is 5.13 Å². The van der Waals surface area contributed by atoms with Crippen LogP contribution >= 0.6 is 11.3 Å². The summed E-state index contributed by atoms with van der Waals surface area (Å²) in [6.45, 7) is 8.55. The second-order valence-electron chi connectivity index (χ2n) is 10.5. The standard InChI is InChI=1S/C32H30N2O5S/c1-5-11-38-23-8-6-7-20(16-23)28-26(29(35)21-9-10-24-22(15-21)14-19(4)39-24)30(36)31(37)34(28)32-33-27-18(3)12-17(2)13-25(27)40-32/h6-10,12-13,15-16,19,28,35H,5,11,14H2,1-4H3/t19-,28+/m1/s1. The van der Waals surface area contributed by atoms with Crippen LogP contribution in [0.4, 0.5) is 5.13 Å². The maximum Gasteiger partial charge on any atom is 0.301 e. The van der Waals surface area contributed by atoms with Gasteiger partial charge in [0.25, 0.3) is 5.78 Å². The number of amides is 1. The fourth-order valence-corrected chi connectivity index (χ4v) is 6.69. The number of hydrogen-bond donors (Lipinski definition) is 1. The molecule has 2 aliphatic heterocycles. The van der Waals surface area contributed by atoms with E-state index in [9.17, 15) is 14.7 Å². The van der Waals surface area contributed by atoms with E-state index < -0.39 is 17.7 Å². The van der Waals surface area contributed by atoms with Gasteiger partial charge in [-0.15, -0.1) is 0 Å². The number of carbonyl (C=O) groups excluding carboxylic acids is 2. The molecule has 2 aliphatic rings. The van der Waals surface area contributed by atoms with Crippen LogP contribution in [0.15, 0.2) is 60.2 Å². The SMILES string of the molecule is CCCOc1cccc([C@H]2C(=C(O)c3ccc4c(c3)C[C@@H](C)O4)C(=O)C(=O)N2c2nc3c(C)cc(C)cc3s2)c1. The summed E-state index contributed by atoms with van der Waals surface area (Å²) in [4.78, 5) is 33.6. The predicted octanol–water partition coefficient (Wildman–Crippen LogP) is 6.65. The average molecular weight is 555 g/mol. The summed E-state index contributed by atoms with van der Waals surface area (Å²) >= 11 is 1.36. The first-order chi connectivity index (χ1) is 19.2. The van der Waals surface area contributed by atoms with Gasteiger partial charge in [-0.25, -0.2) is 4.98 Å². The van der Waals surface area contributed by atoms with Crippen LogP contribution in [0.3, 0.4) is 0 Å². The largest absolute Gasteiger partial charge is 0.507 e. The number of rotatable bonds is 6. The Morgan fingerprint density at radius 2 is 1.98 bits per heavy atom. The Hall–Kier alpha value is -4.17. The molecule has 0 bridgehead atoms. The highest BCUT2D eigenvalue weighted by Gasteiger charge is 2.48. The van der Waals surface area contributed by atoms with Crippen molar-refractivity contribution in [3.8, 4) is 11.5 Å². The van der Waals surface area contributed by atoms with Crippen LogP contribution in [0.25, 0.3) is 16.0 Å². The molecule has 0 spiro atoms. The van der Waals surface area contributed by atoms with Crippen molar-refractivity contribution in [2.45, 2.75) is 52.7 Å². The number of Topliss-reactive ketones (excluding diaryl/α,β-unsaturated/α-hetero) is 1. The molecule has 204 valence electrons. The number of thiazole rings is 1. The number of benzene rings is 3. The molecule has 1 aromatic heterocycles. The van der Waals surface area contributed by atoms with E-state index in [4.69, 9.17) is 14.5 Å². The van der Waals surface area contributed by atoms with Crippen LogP contribution in [0.1, 0.15) is 54.1 Å². The Morgan fingerprint density at radius 3 is 2.77 bits per heavy atom. The van der Waals surface area contributed by atoms with E-state index in [1.807, 2.05) is 70.2 Å². The highest BCUT2D eigenvalue weighted by molar-refractivity contribution is 7.22. The van der Waals surface area contributed by atoms with Crippen LogP contribution in [-0.2, 0) is 16.0 Å². The van der Waals surface area contributed by atoms with Crippen molar-refractivity contribution in [3.63, 3.8) is 0 Å². The van der Waals surface area contributed by atoms with Crippen LogP contribution in [0.5, 0.6) is 11.5 Å². The van der Waals surface area contributed by atoms with Crippen LogP contribution in [0.2, 0.25) is 0 Å². The molecule has 0 saturated carbocycles. The first-order valence-electron chi connectivity index (χ1n) is 13.5. The molecular weight excluding hydrogens is 524 g/mol. The zero-order chi connectivity index (χ0) is 28.1. The number of ether oxygens (including phenoxy) is 2. The number of aliphatic hydroxyl groups excluding tert-OH is 1.